The summed E-state index contributed by atoms with van der Waals surface area (Å²) < 4.78 is 0. The van der Waals surface area contributed by atoms with E-state index in [0.29, 0.717) is 5.06 Å². The molecule has 0 aromatic heterocycles. The number of hydrogen-bond acceptors (Lipinski definition) is 4. The van der Waals surface area contributed by atoms with Gasteiger partial charge < -0.3 is 4.84 Å². The van der Waals surface area contributed by atoms with Crippen molar-refractivity contribution >= 4 is 17.8 Å². The number of fused-ring (bicyclic) bond motifs is 1. The van der Waals surface area contributed by atoms with Gasteiger partial charge in [-0.2, -0.15) is 0 Å². The molecule has 0 spiro atoms. The van der Waals surface area contributed by atoms with Gasteiger partial charge in [0.25, 0.3) is 11.8 Å². The molecule has 5 nitrogen and oxygen atoms in total. The van der Waals surface area contributed by atoms with E-state index in [1.165, 1.54) is 12.1 Å². The van der Waals surface area contributed by atoms with Crippen molar-refractivity contribution in [2.75, 3.05) is 0 Å². The van der Waals surface area contributed by atoms with Gasteiger partial charge in [-0.15, -0.1) is 0 Å². The smallest absolute Gasteiger partial charge is 0.325 e. The van der Waals surface area contributed by atoms with Gasteiger partial charge in [0.2, 0.25) is 0 Å². The molecule has 0 radical (unpaired) electrons. The van der Waals surface area contributed by atoms with Crippen molar-refractivity contribution in [1.82, 2.24) is 5.06 Å². The highest BCUT2D eigenvalue weighted by Gasteiger charge is 2.38. The first-order valence-electron chi connectivity index (χ1n) is 4.47. The minimum Gasteiger partial charge on any atom is -0.325 e. The number of carbonyl (C=O) groups is 3. The zero-order valence-corrected chi connectivity index (χ0v) is 8.17. The fourth-order valence-electron chi connectivity index (χ4n) is 1.38. The Kier molecular flexibility index (Phi) is 2.28. The van der Waals surface area contributed by atoms with Crippen LogP contribution in [0, 0.1) is 0 Å². The first kappa shape index (κ1) is 10.1. The number of benzene rings is 1. The molecule has 80 valence electrons. The van der Waals surface area contributed by atoms with Crippen LogP contribution < -0.4 is 0 Å². The number of rotatable bonds is 2. The third-order valence-electron chi connectivity index (χ3n) is 2.10. The molecular weight excluding hydrogens is 210 g/mol. The van der Waals surface area contributed by atoms with Crippen LogP contribution in [0.5, 0.6) is 0 Å². The molecule has 0 atom stereocenters. The number of hydroxylamine groups is 2. The Balaban J connectivity index is 2.35. The fraction of sp³-hybridized carbons (Fsp3) is 0. The predicted octanol–water partition coefficient (Wildman–Crippen LogP) is 0.927. The van der Waals surface area contributed by atoms with Gasteiger partial charge in [-0.1, -0.05) is 23.8 Å². The SMILES string of the molecule is C=CC(=O)ON1C(=O)c2ccccc2C1=O. The quantitative estimate of drug-likeness (QED) is 0.546. The topological polar surface area (TPSA) is 63.7 Å². The summed E-state index contributed by atoms with van der Waals surface area (Å²) in [6.45, 7) is 3.18. The van der Waals surface area contributed by atoms with Gasteiger partial charge >= 0.3 is 5.97 Å². The Morgan fingerprint density at radius 3 is 2.12 bits per heavy atom. The summed E-state index contributed by atoms with van der Waals surface area (Å²) in [6, 6.07) is 6.25. The number of imide groups is 1. The molecule has 0 fully saturated rings. The van der Waals surface area contributed by atoms with Crippen molar-refractivity contribution in [3.8, 4) is 0 Å². The van der Waals surface area contributed by atoms with E-state index < -0.39 is 17.8 Å². The summed E-state index contributed by atoms with van der Waals surface area (Å²) in [5.74, 6) is -2.14. The highest BCUT2D eigenvalue weighted by atomic mass is 16.7. The maximum absolute atomic E-state index is 11.7. The number of carbonyl (C=O) groups excluding carboxylic acids is 3. The third kappa shape index (κ3) is 1.38. The van der Waals surface area contributed by atoms with E-state index in [1.807, 2.05) is 0 Å². The molecule has 16 heavy (non-hydrogen) atoms. The molecule has 0 N–H and O–H groups in total. The summed E-state index contributed by atoms with van der Waals surface area (Å²) in [5.41, 5.74) is 0.453. The summed E-state index contributed by atoms with van der Waals surface area (Å²) in [6.07, 6.45) is 0.879. The minimum atomic E-state index is -0.852. The monoisotopic (exact) mass is 217 g/mol. The maximum atomic E-state index is 11.7. The second-order valence-corrected chi connectivity index (χ2v) is 3.06. The van der Waals surface area contributed by atoms with Crippen LogP contribution in [0.15, 0.2) is 36.9 Å². The highest BCUT2D eigenvalue weighted by molar-refractivity contribution is 6.21. The molecule has 0 bridgehead atoms. The first-order valence-corrected chi connectivity index (χ1v) is 4.47. The molecule has 0 unspecified atom stereocenters. The van der Waals surface area contributed by atoms with E-state index in [2.05, 4.69) is 11.4 Å². The van der Waals surface area contributed by atoms with Crippen molar-refractivity contribution in [2.24, 2.45) is 0 Å². The molecule has 1 heterocycles. The van der Waals surface area contributed by atoms with Crippen molar-refractivity contribution in [3.63, 3.8) is 0 Å². The lowest BCUT2D eigenvalue weighted by Gasteiger charge is -2.10. The molecule has 1 aliphatic heterocycles. The van der Waals surface area contributed by atoms with Crippen LogP contribution in [0.1, 0.15) is 20.7 Å². The lowest BCUT2D eigenvalue weighted by Crippen LogP contribution is -2.31. The van der Waals surface area contributed by atoms with Crippen LogP contribution in [-0.2, 0) is 9.63 Å². The van der Waals surface area contributed by atoms with Crippen LogP contribution >= 0.6 is 0 Å². The summed E-state index contributed by atoms with van der Waals surface area (Å²) in [7, 11) is 0. The Labute approximate surface area is 90.9 Å². The lowest BCUT2D eigenvalue weighted by atomic mass is 10.1. The highest BCUT2D eigenvalue weighted by Crippen LogP contribution is 2.22. The zero-order valence-electron chi connectivity index (χ0n) is 8.17. The van der Waals surface area contributed by atoms with Crippen molar-refractivity contribution < 1.29 is 19.2 Å². The van der Waals surface area contributed by atoms with Gasteiger partial charge in [-0.05, 0) is 12.1 Å². The predicted molar refractivity (Wildman–Crippen MR) is 53.2 cm³/mol. The maximum Gasteiger partial charge on any atom is 0.356 e. The van der Waals surface area contributed by atoms with Gasteiger partial charge in [-0.25, -0.2) is 4.79 Å². The Hall–Kier alpha value is -2.43. The minimum absolute atomic E-state index is 0.226. The van der Waals surface area contributed by atoms with E-state index in [4.69, 9.17) is 0 Å². The van der Waals surface area contributed by atoms with Gasteiger partial charge in [0.15, 0.2) is 0 Å². The molecule has 2 amide bonds. The van der Waals surface area contributed by atoms with Crippen LogP contribution in [0.3, 0.4) is 0 Å². The molecule has 0 saturated carbocycles. The number of hydrogen-bond donors (Lipinski definition) is 0. The van der Waals surface area contributed by atoms with Crippen LogP contribution in [0.2, 0.25) is 0 Å². The Morgan fingerprint density at radius 1 is 1.19 bits per heavy atom. The Morgan fingerprint density at radius 2 is 1.69 bits per heavy atom. The molecule has 5 heteroatoms. The molecule has 0 aliphatic carbocycles. The number of nitrogens with zero attached hydrogens (tertiary/aromatic N) is 1. The average molecular weight is 217 g/mol. The number of amides is 2. The van der Waals surface area contributed by atoms with Gasteiger partial charge in [0.1, 0.15) is 0 Å². The van der Waals surface area contributed by atoms with E-state index in [1.54, 1.807) is 12.1 Å². The largest absolute Gasteiger partial charge is 0.356 e. The third-order valence-corrected chi connectivity index (χ3v) is 2.10. The molecular formula is C11H7NO4. The van der Waals surface area contributed by atoms with Gasteiger partial charge in [0, 0.05) is 6.08 Å². The standard InChI is InChI=1S/C11H7NO4/c1-2-9(13)16-12-10(14)7-5-3-4-6-8(7)11(12)15/h2-6H,1H2. The van der Waals surface area contributed by atoms with Crippen LogP contribution in [-0.4, -0.2) is 22.8 Å². The average Bonchev–Trinajstić information content (AvgIpc) is 2.55. The van der Waals surface area contributed by atoms with Crippen molar-refractivity contribution in [1.29, 1.82) is 0 Å². The molecule has 1 aromatic carbocycles. The molecule has 2 rings (SSSR count). The van der Waals surface area contributed by atoms with Gasteiger partial charge in [0.05, 0.1) is 11.1 Å². The second kappa shape index (κ2) is 3.62. The van der Waals surface area contributed by atoms with E-state index in [9.17, 15) is 14.4 Å². The Bertz CT molecular complexity index is 471. The zero-order chi connectivity index (χ0) is 11.7. The van der Waals surface area contributed by atoms with Crippen LogP contribution in [0.25, 0.3) is 0 Å². The second-order valence-electron chi connectivity index (χ2n) is 3.06. The van der Waals surface area contributed by atoms with Crippen molar-refractivity contribution in [3.05, 3.63) is 48.0 Å². The lowest BCUT2D eigenvalue weighted by molar-refractivity contribution is -0.162. The molecule has 0 saturated heterocycles. The summed E-state index contributed by atoms with van der Waals surface area (Å²) in [5, 5.41) is 0.439. The summed E-state index contributed by atoms with van der Waals surface area (Å²) in [4.78, 5) is 38.8. The summed E-state index contributed by atoms with van der Waals surface area (Å²) >= 11 is 0. The fourth-order valence-corrected chi connectivity index (χ4v) is 1.38. The van der Waals surface area contributed by atoms with E-state index in [0.717, 1.165) is 6.08 Å². The van der Waals surface area contributed by atoms with E-state index >= 15 is 0 Å². The van der Waals surface area contributed by atoms with Gasteiger partial charge in [-0.3, -0.25) is 9.59 Å². The van der Waals surface area contributed by atoms with E-state index in [-0.39, 0.29) is 11.1 Å². The molecule has 1 aliphatic rings. The normalized spacial score (nSPS) is 13.6. The first-order chi connectivity index (χ1) is 7.65. The van der Waals surface area contributed by atoms with Crippen molar-refractivity contribution in [2.45, 2.75) is 0 Å². The van der Waals surface area contributed by atoms with Crippen LogP contribution in [0.4, 0.5) is 0 Å². The molecule has 1 aromatic rings.